The molecule has 0 spiro atoms. The maximum absolute atomic E-state index is 12.9. The van der Waals surface area contributed by atoms with Gasteiger partial charge in [-0.15, -0.1) is 0 Å². The maximum Gasteiger partial charge on any atom is 0.201 e. The van der Waals surface area contributed by atoms with Crippen LogP contribution in [-0.2, 0) is 23.8 Å². The van der Waals surface area contributed by atoms with Crippen molar-refractivity contribution < 1.29 is 28.9 Å². The smallest absolute Gasteiger partial charge is 0.201 e. The summed E-state index contributed by atoms with van der Waals surface area (Å²) in [5.74, 6) is 0.0608. The molecular formula is C19H25NO6. The summed E-state index contributed by atoms with van der Waals surface area (Å²) in [4.78, 5) is 27.9. The molecule has 7 heteroatoms. The van der Waals surface area contributed by atoms with Crippen LogP contribution in [-0.4, -0.2) is 68.1 Å². The Morgan fingerprint density at radius 2 is 1.92 bits per heavy atom. The number of allylic oxidation sites excluding steroid dienone is 2. The highest BCUT2D eigenvalue weighted by Gasteiger charge is 2.76. The number of likely N-dealkylation sites (tertiary alicyclic amines) is 1. The van der Waals surface area contributed by atoms with Gasteiger partial charge in [-0.1, -0.05) is 0 Å². The minimum absolute atomic E-state index is 0.0533. The van der Waals surface area contributed by atoms with Crippen LogP contribution in [0.25, 0.3) is 0 Å². The average molecular weight is 363 g/mol. The lowest BCUT2D eigenvalue weighted by Gasteiger charge is -2.50. The van der Waals surface area contributed by atoms with E-state index in [0.717, 1.165) is 6.54 Å². The number of carbonyl (C=O) groups excluding carboxylic acids is 2. The highest BCUT2D eigenvalue weighted by atomic mass is 16.5. The van der Waals surface area contributed by atoms with Gasteiger partial charge in [0, 0.05) is 29.7 Å². The lowest BCUT2D eigenvalue weighted by molar-refractivity contribution is -0.132. The third-order valence-corrected chi connectivity index (χ3v) is 7.19. The highest BCUT2D eigenvalue weighted by Crippen LogP contribution is 2.69. The summed E-state index contributed by atoms with van der Waals surface area (Å²) >= 11 is 0. The molecule has 0 aromatic rings. The topological polar surface area (TPSA) is 85.3 Å². The molecule has 2 fully saturated rings. The molecule has 3 aliphatic carbocycles. The van der Waals surface area contributed by atoms with Crippen molar-refractivity contribution in [2.24, 2.45) is 17.3 Å². The van der Waals surface area contributed by atoms with Gasteiger partial charge in [-0.3, -0.25) is 14.5 Å². The molecule has 1 saturated heterocycles. The number of rotatable bonds is 3. The standard InChI is InChI=1S/C19H25NO6/c1-20-6-5-18-9-12(22)16(25-3)17(26-4)19(18,20)8-10-11(21)7-13(24-2)15(23)14(10)18/h7,10,14-15,23H,5-6,8-9H2,1-4H3. The van der Waals surface area contributed by atoms with E-state index in [1.807, 2.05) is 7.05 Å². The van der Waals surface area contributed by atoms with Crippen molar-refractivity contribution in [3.8, 4) is 0 Å². The number of hydrogen-bond acceptors (Lipinski definition) is 7. The average Bonchev–Trinajstić information content (AvgIpc) is 3.07. The largest absolute Gasteiger partial charge is 0.498 e. The van der Waals surface area contributed by atoms with Crippen molar-refractivity contribution in [1.82, 2.24) is 4.90 Å². The molecule has 0 aromatic carbocycles. The number of ketones is 2. The molecule has 1 aliphatic heterocycles. The summed E-state index contributed by atoms with van der Waals surface area (Å²) in [5, 5.41) is 11.0. The first-order chi connectivity index (χ1) is 12.4. The zero-order valence-corrected chi connectivity index (χ0v) is 15.6. The van der Waals surface area contributed by atoms with Gasteiger partial charge in [0.2, 0.25) is 11.5 Å². The SMILES string of the molecule is COC1=CC(=O)C2CC34C(OC)=C(OC)C(=O)CC3(CCN4C)C2C1O. The summed E-state index contributed by atoms with van der Waals surface area (Å²) in [6, 6.07) is 0. The van der Waals surface area contributed by atoms with E-state index in [-0.39, 0.29) is 41.3 Å². The quantitative estimate of drug-likeness (QED) is 0.787. The van der Waals surface area contributed by atoms with E-state index in [1.54, 1.807) is 0 Å². The fraction of sp³-hybridized carbons (Fsp3) is 0.684. The van der Waals surface area contributed by atoms with Crippen LogP contribution in [0.4, 0.5) is 0 Å². The van der Waals surface area contributed by atoms with Crippen LogP contribution in [0.1, 0.15) is 19.3 Å². The number of carbonyl (C=O) groups is 2. The first-order valence-corrected chi connectivity index (χ1v) is 8.92. The number of hydrogen-bond donors (Lipinski definition) is 1. The Balaban J connectivity index is 1.96. The molecule has 4 rings (SSSR count). The van der Waals surface area contributed by atoms with Gasteiger partial charge in [0.25, 0.3) is 0 Å². The zero-order valence-electron chi connectivity index (χ0n) is 15.6. The van der Waals surface area contributed by atoms with E-state index in [4.69, 9.17) is 14.2 Å². The molecule has 142 valence electrons. The minimum Gasteiger partial charge on any atom is -0.498 e. The number of nitrogens with zero attached hydrogens (tertiary/aromatic N) is 1. The summed E-state index contributed by atoms with van der Waals surface area (Å²) < 4.78 is 16.4. The first kappa shape index (κ1) is 17.5. The summed E-state index contributed by atoms with van der Waals surface area (Å²) in [5.41, 5.74) is -1.21. The fourth-order valence-electron chi connectivity index (χ4n) is 6.26. The van der Waals surface area contributed by atoms with Crippen LogP contribution < -0.4 is 0 Å². The molecule has 1 saturated carbocycles. The van der Waals surface area contributed by atoms with E-state index in [2.05, 4.69) is 4.90 Å². The van der Waals surface area contributed by atoms with Crippen LogP contribution in [0, 0.1) is 17.3 Å². The number of ether oxygens (including phenoxy) is 3. The van der Waals surface area contributed by atoms with Gasteiger partial charge < -0.3 is 19.3 Å². The molecule has 0 bridgehead atoms. The third kappa shape index (κ3) is 1.75. The number of Topliss-reactive ketones (excluding diaryl/α,β-unsaturated/α-hetero) is 1. The molecule has 5 atom stereocenters. The Bertz CT molecular complexity index is 742. The molecule has 1 heterocycles. The first-order valence-electron chi connectivity index (χ1n) is 8.92. The van der Waals surface area contributed by atoms with E-state index in [1.165, 1.54) is 27.4 Å². The molecule has 0 amide bonds. The van der Waals surface area contributed by atoms with E-state index in [0.29, 0.717) is 18.6 Å². The Morgan fingerprint density at radius 1 is 1.19 bits per heavy atom. The number of likely N-dealkylation sites (N-methyl/N-ethyl adjacent to an activating group) is 1. The second-order valence-electron chi connectivity index (χ2n) is 7.79. The maximum atomic E-state index is 12.9. The zero-order chi connectivity index (χ0) is 18.9. The summed E-state index contributed by atoms with van der Waals surface area (Å²) in [6.45, 7) is 0.757. The fourth-order valence-corrected chi connectivity index (χ4v) is 6.26. The van der Waals surface area contributed by atoms with Crippen molar-refractivity contribution in [3.05, 3.63) is 23.4 Å². The van der Waals surface area contributed by atoms with Crippen molar-refractivity contribution in [2.75, 3.05) is 34.9 Å². The Morgan fingerprint density at radius 3 is 2.54 bits per heavy atom. The molecule has 5 unspecified atom stereocenters. The van der Waals surface area contributed by atoms with Gasteiger partial charge in [-0.2, -0.15) is 0 Å². The Labute approximate surface area is 152 Å². The van der Waals surface area contributed by atoms with Crippen molar-refractivity contribution >= 4 is 11.6 Å². The van der Waals surface area contributed by atoms with E-state index < -0.39 is 17.1 Å². The number of aliphatic hydroxyl groups is 1. The lowest BCUT2D eigenvalue weighted by Crippen LogP contribution is -2.58. The van der Waals surface area contributed by atoms with Crippen LogP contribution >= 0.6 is 0 Å². The van der Waals surface area contributed by atoms with Gasteiger partial charge in [-0.25, -0.2) is 0 Å². The van der Waals surface area contributed by atoms with Crippen molar-refractivity contribution in [1.29, 1.82) is 0 Å². The molecule has 0 aromatic heterocycles. The van der Waals surface area contributed by atoms with Gasteiger partial charge >= 0.3 is 0 Å². The van der Waals surface area contributed by atoms with Crippen LogP contribution in [0.3, 0.4) is 0 Å². The normalized spacial score (nSPS) is 42.2. The van der Waals surface area contributed by atoms with Crippen LogP contribution in [0.5, 0.6) is 0 Å². The minimum atomic E-state index is -0.911. The monoisotopic (exact) mass is 363 g/mol. The molecule has 0 radical (unpaired) electrons. The predicted octanol–water partition coefficient (Wildman–Crippen LogP) is 0.634. The van der Waals surface area contributed by atoms with Gasteiger partial charge in [0.15, 0.2) is 11.5 Å². The second-order valence-corrected chi connectivity index (χ2v) is 7.79. The van der Waals surface area contributed by atoms with Gasteiger partial charge in [-0.05, 0) is 26.4 Å². The van der Waals surface area contributed by atoms with Crippen molar-refractivity contribution in [3.63, 3.8) is 0 Å². The molecule has 7 nitrogen and oxygen atoms in total. The lowest BCUT2D eigenvalue weighted by atomic mass is 9.58. The predicted molar refractivity (Wildman–Crippen MR) is 90.8 cm³/mol. The number of fused-ring (bicyclic) bond motifs is 1. The summed E-state index contributed by atoms with van der Waals surface area (Å²) in [7, 11) is 6.46. The number of methoxy groups -OCH3 is 3. The second kappa shape index (κ2) is 5.57. The Kier molecular flexibility index (Phi) is 3.76. The molecule has 4 aliphatic rings. The van der Waals surface area contributed by atoms with E-state index >= 15 is 0 Å². The molecular weight excluding hydrogens is 338 g/mol. The highest BCUT2D eigenvalue weighted by molar-refractivity contribution is 5.98. The van der Waals surface area contributed by atoms with Crippen LogP contribution in [0.15, 0.2) is 23.4 Å². The van der Waals surface area contributed by atoms with Crippen molar-refractivity contribution in [2.45, 2.75) is 30.9 Å². The molecule has 1 N–H and O–H groups in total. The van der Waals surface area contributed by atoms with Gasteiger partial charge in [0.1, 0.15) is 11.9 Å². The third-order valence-electron chi connectivity index (χ3n) is 7.19. The molecule has 26 heavy (non-hydrogen) atoms. The summed E-state index contributed by atoms with van der Waals surface area (Å²) in [6.07, 6.45) is 1.94. The number of aliphatic hydroxyl groups excluding tert-OH is 1. The van der Waals surface area contributed by atoms with Crippen LogP contribution in [0.2, 0.25) is 0 Å². The van der Waals surface area contributed by atoms with E-state index in [9.17, 15) is 14.7 Å². The Hall–Kier alpha value is -1.86. The van der Waals surface area contributed by atoms with Gasteiger partial charge in [0.05, 0.1) is 26.9 Å².